The van der Waals surface area contributed by atoms with Crippen LogP contribution in [0.1, 0.15) is 11.3 Å². The van der Waals surface area contributed by atoms with Crippen LogP contribution in [0.2, 0.25) is 0 Å². The molecule has 0 bridgehead atoms. The maximum atomic E-state index is 12.8. The molecule has 0 atom stereocenters. The zero-order valence-corrected chi connectivity index (χ0v) is 10.4. The highest BCUT2D eigenvalue weighted by atomic mass is 19.1. The summed E-state index contributed by atoms with van der Waals surface area (Å²) in [6.07, 6.45) is 3.98. The van der Waals surface area contributed by atoms with Gasteiger partial charge in [-0.05, 0) is 29.8 Å². The SMILES string of the molecule is Fc1ccc(CNCc2cn3ccccc3n2)cc1. The van der Waals surface area contributed by atoms with Crippen LogP contribution in [-0.4, -0.2) is 9.38 Å². The smallest absolute Gasteiger partial charge is 0.137 e. The number of pyridine rings is 1. The lowest BCUT2D eigenvalue weighted by atomic mass is 10.2. The average Bonchev–Trinajstić information content (AvgIpc) is 2.83. The minimum Gasteiger partial charge on any atom is -0.307 e. The first-order valence-electron chi connectivity index (χ1n) is 6.19. The van der Waals surface area contributed by atoms with Gasteiger partial charge in [-0.1, -0.05) is 18.2 Å². The molecule has 0 aliphatic rings. The zero-order valence-electron chi connectivity index (χ0n) is 10.4. The molecule has 3 nitrogen and oxygen atoms in total. The Morgan fingerprint density at radius 1 is 1.05 bits per heavy atom. The van der Waals surface area contributed by atoms with Crippen LogP contribution in [0, 0.1) is 5.82 Å². The summed E-state index contributed by atoms with van der Waals surface area (Å²) in [4.78, 5) is 4.50. The third-order valence-corrected chi connectivity index (χ3v) is 2.96. The number of rotatable bonds is 4. The second kappa shape index (κ2) is 5.20. The Balaban J connectivity index is 1.61. The monoisotopic (exact) mass is 255 g/mol. The maximum absolute atomic E-state index is 12.8. The van der Waals surface area contributed by atoms with E-state index in [9.17, 15) is 4.39 Å². The summed E-state index contributed by atoms with van der Waals surface area (Å²) >= 11 is 0. The number of hydrogen-bond acceptors (Lipinski definition) is 2. The predicted octanol–water partition coefficient (Wildman–Crippen LogP) is 2.76. The highest BCUT2D eigenvalue weighted by Gasteiger charge is 2.00. The summed E-state index contributed by atoms with van der Waals surface area (Å²) in [5.41, 5.74) is 3.00. The van der Waals surface area contributed by atoms with E-state index in [2.05, 4.69) is 10.3 Å². The summed E-state index contributed by atoms with van der Waals surface area (Å²) in [7, 11) is 0. The van der Waals surface area contributed by atoms with Crippen molar-refractivity contribution < 1.29 is 4.39 Å². The molecule has 1 N–H and O–H groups in total. The minimum atomic E-state index is -0.205. The number of nitrogens with one attached hydrogen (secondary N) is 1. The van der Waals surface area contributed by atoms with E-state index in [1.165, 1.54) is 12.1 Å². The van der Waals surface area contributed by atoms with Crippen molar-refractivity contribution in [2.45, 2.75) is 13.1 Å². The molecule has 0 saturated carbocycles. The van der Waals surface area contributed by atoms with Crippen molar-refractivity contribution >= 4 is 5.65 Å². The number of nitrogens with zero attached hydrogens (tertiary/aromatic N) is 2. The van der Waals surface area contributed by atoms with Gasteiger partial charge < -0.3 is 9.72 Å². The van der Waals surface area contributed by atoms with E-state index >= 15 is 0 Å². The van der Waals surface area contributed by atoms with Crippen LogP contribution in [0.15, 0.2) is 54.9 Å². The van der Waals surface area contributed by atoms with Gasteiger partial charge in [0, 0.05) is 25.5 Å². The lowest BCUT2D eigenvalue weighted by Crippen LogP contribution is -2.12. The highest BCUT2D eigenvalue weighted by Crippen LogP contribution is 2.05. The first kappa shape index (κ1) is 11.9. The van der Waals surface area contributed by atoms with Gasteiger partial charge in [0.2, 0.25) is 0 Å². The molecule has 3 aromatic rings. The molecule has 4 heteroatoms. The molecule has 96 valence electrons. The van der Waals surface area contributed by atoms with Crippen molar-refractivity contribution in [3.63, 3.8) is 0 Å². The van der Waals surface area contributed by atoms with E-state index in [1.54, 1.807) is 12.1 Å². The van der Waals surface area contributed by atoms with Crippen molar-refractivity contribution in [1.82, 2.24) is 14.7 Å². The largest absolute Gasteiger partial charge is 0.307 e. The molecular weight excluding hydrogens is 241 g/mol. The first-order valence-corrected chi connectivity index (χ1v) is 6.19. The van der Waals surface area contributed by atoms with E-state index in [-0.39, 0.29) is 5.82 Å². The molecule has 19 heavy (non-hydrogen) atoms. The third kappa shape index (κ3) is 2.80. The van der Waals surface area contributed by atoms with Gasteiger partial charge in [-0.15, -0.1) is 0 Å². The summed E-state index contributed by atoms with van der Waals surface area (Å²) in [5.74, 6) is -0.205. The molecule has 0 radical (unpaired) electrons. The first-order chi connectivity index (χ1) is 9.31. The van der Waals surface area contributed by atoms with Crippen LogP contribution in [-0.2, 0) is 13.1 Å². The summed E-state index contributed by atoms with van der Waals surface area (Å²) in [6, 6.07) is 12.4. The lowest BCUT2D eigenvalue weighted by Gasteiger charge is -2.02. The molecule has 0 unspecified atom stereocenters. The molecule has 0 fully saturated rings. The Bertz CT molecular complexity index is 640. The van der Waals surface area contributed by atoms with Gasteiger partial charge in [-0.25, -0.2) is 9.37 Å². The van der Waals surface area contributed by atoms with Crippen molar-refractivity contribution in [2.24, 2.45) is 0 Å². The van der Waals surface area contributed by atoms with Crippen LogP contribution in [0.3, 0.4) is 0 Å². The molecule has 2 heterocycles. The third-order valence-electron chi connectivity index (χ3n) is 2.96. The fourth-order valence-corrected chi connectivity index (χ4v) is 2.01. The Morgan fingerprint density at radius 2 is 1.89 bits per heavy atom. The quantitative estimate of drug-likeness (QED) is 0.776. The number of imidazole rings is 1. The lowest BCUT2D eigenvalue weighted by molar-refractivity contribution is 0.624. The van der Waals surface area contributed by atoms with Gasteiger partial charge >= 0.3 is 0 Å². The second-order valence-corrected chi connectivity index (χ2v) is 4.43. The zero-order chi connectivity index (χ0) is 13.1. The van der Waals surface area contributed by atoms with E-state index in [1.807, 2.05) is 35.0 Å². The van der Waals surface area contributed by atoms with Gasteiger partial charge in [0.1, 0.15) is 11.5 Å². The van der Waals surface area contributed by atoms with Gasteiger partial charge in [-0.3, -0.25) is 0 Å². The molecule has 0 aliphatic heterocycles. The van der Waals surface area contributed by atoms with Crippen LogP contribution in [0.25, 0.3) is 5.65 Å². The number of hydrogen-bond donors (Lipinski definition) is 1. The molecular formula is C15H14FN3. The van der Waals surface area contributed by atoms with Crippen LogP contribution in [0.4, 0.5) is 4.39 Å². The van der Waals surface area contributed by atoms with Gasteiger partial charge in [0.05, 0.1) is 5.69 Å². The van der Waals surface area contributed by atoms with E-state index in [0.29, 0.717) is 13.1 Å². The second-order valence-electron chi connectivity index (χ2n) is 4.43. The van der Waals surface area contributed by atoms with E-state index in [0.717, 1.165) is 16.9 Å². The Hall–Kier alpha value is -2.20. The molecule has 1 aromatic carbocycles. The van der Waals surface area contributed by atoms with Crippen LogP contribution >= 0.6 is 0 Å². The van der Waals surface area contributed by atoms with Crippen molar-refractivity contribution in [3.8, 4) is 0 Å². The molecule has 0 spiro atoms. The Labute approximate surface area is 110 Å². The highest BCUT2D eigenvalue weighted by molar-refractivity contribution is 5.39. The number of aromatic nitrogens is 2. The predicted molar refractivity (Wildman–Crippen MR) is 72.1 cm³/mol. The maximum Gasteiger partial charge on any atom is 0.137 e. The molecule has 3 rings (SSSR count). The standard InChI is InChI=1S/C15H14FN3/c16-13-6-4-12(5-7-13)9-17-10-14-11-19-8-2-1-3-15(19)18-14/h1-8,11,17H,9-10H2. The normalized spacial score (nSPS) is 11.0. The van der Waals surface area contributed by atoms with Crippen molar-refractivity contribution in [2.75, 3.05) is 0 Å². The Kier molecular flexibility index (Phi) is 3.25. The van der Waals surface area contributed by atoms with E-state index < -0.39 is 0 Å². The van der Waals surface area contributed by atoms with Gasteiger partial charge in [0.15, 0.2) is 0 Å². The van der Waals surface area contributed by atoms with E-state index in [4.69, 9.17) is 0 Å². The number of halogens is 1. The van der Waals surface area contributed by atoms with Gasteiger partial charge in [-0.2, -0.15) is 0 Å². The van der Waals surface area contributed by atoms with Gasteiger partial charge in [0.25, 0.3) is 0 Å². The number of fused-ring (bicyclic) bond motifs is 1. The fraction of sp³-hybridized carbons (Fsp3) is 0.133. The number of benzene rings is 1. The topological polar surface area (TPSA) is 29.3 Å². The van der Waals surface area contributed by atoms with Crippen LogP contribution < -0.4 is 5.32 Å². The minimum absolute atomic E-state index is 0.205. The summed E-state index contributed by atoms with van der Waals surface area (Å²) in [5, 5.41) is 3.30. The summed E-state index contributed by atoms with van der Waals surface area (Å²) in [6.45, 7) is 1.40. The summed E-state index contributed by atoms with van der Waals surface area (Å²) < 4.78 is 14.8. The fourth-order valence-electron chi connectivity index (χ4n) is 2.01. The van der Waals surface area contributed by atoms with Crippen LogP contribution in [0.5, 0.6) is 0 Å². The molecule has 2 aromatic heterocycles. The molecule has 0 saturated heterocycles. The molecule has 0 aliphatic carbocycles. The van der Waals surface area contributed by atoms with Crippen molar-refractivity contribution in [3.05, 3.63) is 71.9 Å². The average molecular weight is 255 g/mol. The Morgan fingerprint density at radius 3 is 2.68 bits per heavy atom. The van der Waals surface area contributed by atoms with Crippen molar-refractivity contribution in [1.29, 1.82) is 0 Å². The molecule has 0 amide bonds.